The highest BCUT2D eigenvalue weighted by Crippen LogP contribution is 1.84. The van der Waals surface area contributed by atoms with Crippen molar-refractivity contribution >= 4 is 12.0 Å². The molecule has 4 N–H and O–H groups in total. The Morgan fingerprint density at radius 1 is 1.39 bits per heavy atom. The molecular formula is C9H15N5O4. The van der Waals surface area contributed by atoms with E-state index in [1.807, 2.05) is 0 Å². The lowest BCUT2D eigenvalue weighted by atomic mass is 10.5. The fraction of sp³-hybridized carbons (Fsp3) is 0.556. The molecule has 0 bridgehead atoms. The molecule has 0 aliphatic rings. The van der Waals surface area contributed by atoms with Gasteiger partial charge in [0.25, 0.3) is 0 Å². The molecule has 1 rings (SSSR count). The standard InChI is InChI=1S/C9H15N5O4/c15-8(16)1-3-18-4-2-10-9(17)11-5-7-12-6-13-14-7/h6H,1-5H2,(H,15,16)(H2,10,11,17)(H,12,13,14). The summed E-state index contributed by atoms with van der Waals surface area (Å²) in [6.45, 7) is 0.966. The second-order valence-electron chi connectivity index (χ2n) is 3.30. The zero-order chi connectivity index (χ0) is 13.2. The van der Waals surface area contributed by atoms with E-state index in [-0.39, 0.29) is 32.2 Å². The molecule has 0 aromatic carbocycles. The Bertz CT molecular complexity index is 367. The molecule has 9 heteroatoms. The third-order valence-corrected chi connectivity index (χ3v) is 1.87. The average Bonchev–Trinajstić information content (AvgIpc) is 2.83. The quantitative estimate of drug-likeness (QED) is 0.446. The van der Waals surface area contributed by atoms with Crippen LogP contribution in [0.25, 0.3) is 0 Å². The molecule has 0 saturated heterocycles. The number of urea groups is 1. The number of rotatable bonds is 8. The number of carboxylic acid groups (broad SMARTS) is 1. The molecule has 2 amide bonds. The van der Waals surface area contributed by atoms with Gasteiger partial charge in [-0.1, -0.05) is 0 Å². The number of amides is 2. The average molecular weight is 257 g/mol. The minimum Gasteiger partial charge on any atom is -0.481 e. The summed E-state index contributed by atoms with van der Waals surface area (Å²) in [5.74, 6) is -0.351. The van der Waals surface area contributed by atoms with Gasteiger partial charge in [-0.25, -0.2) is 9.78 Å². The molecule has 18 heavy (non-hydrogen) atoms. The van der Waals surface area contributed by atoms with Gasteiger partial charge in [0.15, 0.2) is 0 Å². The molecular weight excluding hydrogens is 242 g/mol. The smallest absolute Gasteiger partial charge is 0.315 e. The van der Waals surface area contributed by atoms with Crippen molar-refractivity contribution < 1.29 is 19.4 Å². The van der Waals surface area contributed by atoms with Gasteiger partial charge in [0.2, 0.25) is 0 Å². The van der Waals surface area contributed by atoms with Crippen molar-refractivity contribution in [3.63, 3.8) is 0 Å². The number of nitrogens with zero attached hydrogens (tertiary/aromatic N) is 2. The van der Waals surface area contributed by atoms with Crippen LogP contribution in [0, 0.1) is 0 Å². The fourth-order valence-electron chi connectivity index (χ4n) is 1.04. The van der Waals surface area contributed by atoms with E-state index in [0.717, 1.165) is 0 Å². The van der Waals surface area contributed by atoms with Gasteiger partial charge >= 0.3 is 12.0 Å². The van der Waals surface area contributed by atoms with Crippen LogP contribution in [0.5, 0.6) is 0 Å². The van der Waals surface area contributed by atoms with E-state index in [1.54, 1.807) is 0 Å². The highest BCUT2D eigenvalue weighted by molar-refractivity contribution is 5.73. The number of hydrogen-bond acceptors (Lipinski definition) is 5. The molecule has 1 heterocycles. The molecule has 0 aliphatic heterocycles. The van der Waals surface area contributed by atoms with Crippen LogP contribution < -0.4 is 10.6 Å². The number of carboxylic acids is 1. The molecule has 100 valence electrons. The van der Waals surface area contributed by atoms with E-state index in [2.05, 4.69) is 25.8 Å². The van der Waals surface area contributed by atoms with Crippen LogP contribution in [-0.4, -0.2) is 52.0 Å². The van der Waals surface area contributed by atoms with E-state index in [4.69, 9.17) is 9.84 Å². The molecule has 1 aromatic heterocycles. The molecule has 0 fully saturated rings. The molecule has 0 saturated carbocycles. The molecule has 0 atom stereocenters. The van der Waals surface area contributed by atoms with Crippen LogP contribution in [0.15, 0.2) is 6.33 Å². The normalized spacial score (nSPS) is 10.0. The Labute approximate surface area is 103 Å². The number of nitrogens with one attached hydrogen (secondary N) is 3. The summed E-state index contributed by atoms with van der Waals surface area (Å²) < 4.78 is 4.99. The number of aliphatic carboxylic acids is 1. The first-order valence-corrected chi connectivity index (χ1v) is 5.34. The second kappa shape index (κ2) is 8.01. The minimum absolute atomic E-state index is 0.0440. The maximum atomic E-state index is 11.2. The van der Waals surface area contributed by atoms with Gasteiger partial charge in [0.05, 0.1) is 26.2 Å². The van der Waals surface area contributed by atoms with Crippen molar-refractivity contribution in [2.75, 3.05) is 19.8 Å². The third kappa shape index (κ3) is 6.43. The monoisotopic (exact) mass is 257 g/mol. The van der Waals surface area contributed by atoms with Crippen LogP contribution in [-0.2, 0) is 16.1 Å². The number of aromatic nitrogens is 3. The minimum atomic E-state index is -0.909. The largest absolute Gasteiger partial charge is 0.481 e. The SMILES string of the molecule is O=C(O)CCOCCNC(=O)NCc1ncn[nH]1. The van der Waals surface area contributed by atoms with Gasteiger partial charge in [-0.2, -0.15) is 5.10 Å². The Balaban J connectivity index is 1.95. The van der Waals surface area contributed by atoms with Gasteiger partial charge in [0, 0.05) is 6.54 Å². The van der Waals surface area contributed by atoms with Crippen molar-refractivity contribution in [1.29, 1.82) is 0 Å². The lowest BCUT2D eigenvalue weighted by Gasteiger charge is -2.06. The molecule has 0 unspecified atom stereocenters. The van der Waals surface area contributed by atoms with E-state index < -0.39 is 5.97 Å². The van der Waals surface area contributed by atoms with Crippen molar-refractivity contribution in [3.05, 3.63) is 12.2 Å². The number of carbonyl (C=O) groups excluding carboxylic acids is 1. The van der Waals surface area contributed by atoms with Gasteiger partial charge in [-0.15, -0.1) is 0 Å². The zero-order valence-electron chi connectivity index (χ0n) is 9.68. The summed E-state index contributed by atoms with van der Waals surface area (Å²) in [6, 6.07) is -0.353. The predicted molar refractivity (Wildman–Crippen MR) is 59.7 cm³/mol. The number of H-pyrrole nitrogens is 1. The van der Waals surface area contributed by atoms with Gasteiger partial charge < -0.3 is 20.5 Å². The van der Waals surface area contributed by atoms with Gasteiger partial charge in [0.1, 0.15) is 12.2 Å². The molecule has 0 radical (unpaired) electrons. The summed E-state index contributed by atoms with van der Waals surface area (Å²) in [4.78, 5) is 25.2. The topological polar surface area (TPSA) is 129 Å². The van der Waals surface area contributed by atoms with Crippen molar-refractivity contribution in [2.45, 2.75) is 13.0 Å². The number of hydrogen-bond donors (Lipinski definition) is 4. The van der Waals surface area contributed by atoms with Crippen molar-refractivity contribution in [2.24, 2.45) is 0 Å². The summed E-state index contributed by atoms with van der Waals surface area (Å²) in [5, 5.41) is 19.7. The third-order valence-electron chi connectivity index (χ3n) is 1.87. The highest BCUT2D eigenvalue weighted by atomic mass is 16.5. The predicted octanol–water partition coefficient (Wildman–Crippen LogP) is -0.905. The lowest BCUT2D eigenvalue weighted by molar-refractivity contribution is -0.138. The van der Waals surface area contributed by atoms with E-state index >= 15 is 0 Å². The molecule has 0 aliphatic carbocycles. The highest BCUT2D eigenvalue weighted by Gasteiger charge is 2.01. The van der Waals surface area contributed by atoms with Crippen LogP contribution in [0.2, 0.25) is 0 Å². The van der Waals surface area contributed by atoms with Crippen LogP contribution >= 0.6 is 0 Å². The van der Waals surface area contributed by atoms with Gasteiger partial charge in [-0.05, 0) is 0 Å². The lowest BCUT2D eigenvalue weighted by Crippen LogP contribution is -2.37. The molecule has 0 spiro atoms. The van der Waals surface area contributed by atoms with Gasteiger partial charge in [-0.3, -0.25) is 9.89 Å². The number of aromatic amines is 1. The molecule has 1 aromatic rings. The first-order valence-electron chi connectivity index (χ1n) is 5.34. The van der Waals surface area contributed by atoms with Crippen LogP contribution in [0.1, 0.15) is 12.2 Å². The van der Waals surface area contributed by atoms with Crippen molar-refractivity contribution in [1.82, 2.24) is 25.8 Å². The summed E-state index contributed by atoms with van der Waals surface area (Å²) in [7, 11) is 0. The maximum Gasteiger partial charge on any atom is 0.315 e. The Morgan fingerprint density at radius 2 is 2.22 bits per heavy atom. The Hall–Kier alpha value is -2.16. The summed E-state index contributed by atoms with van der Waals surface area (Å²) in [6.07, 6.45) is 1.31. The van der Waals surface area contributed by atoms with E-state index in [0.29, 0.717) is 12.4 Å². The fourth-order valence-corrected chi connectivity index (χ4v) is 1.04. The second-order valence-corrected chi connectivity index (χ2v) is 3.30. The van der Waals surface area contributed by atoms with E-state index in [1.165, 1.54) is 6.33 Å². The first kappa shape index (κ1) is 13.9. The van der Waals surface area contributed by atoms with E-state index in [9.17, 15) is 9.59 Å². The first-order chi connectivity index (χ1) is 8.68. The number of ether oxygens (including phenoxy) is 1. The summed E-state index contributed by atoms with van der Waals surface area (Å²) in [5.41, 5.74) is 0. The van der Waals surface area contributed by atoms with Crippen molar-refractivity contribution in [3.8, 4) is 0 Å². The maximum absolute atomic E-state index is 11.2. The molecule has 9 nitrogen and oxygen atoms in total. The summed E-state index contributed by atoms with van der Waals surface area (Å²) >= 11 is 0. The van der Waals surface area contributed by atoms with Crippen LogP contribution in [0.4, 0.5) is 4.79 Å². The number of carbonyl (C=O) groups is 2. The van der Waals surface area contributed by atoms with Crippen LogP contribution in [0.3, 0.4) is 0 Å². The Morgan fingerprint density at radius 3 is 2.89 bits per heavy atom. The zero-order valence-corrected chi connectivity index (χ0v) is 9.68. The Kier molecular flexibility index (Phi) is 6.19.